The van der Waals surface area contributed by atoms with Gasteiger partial charge in [-0.15, -0.1) is 10.2 Å². The minimum absolute atomic E-state index is 0.00613. The van der Waals surface area contributed by atoms with Crippen molar-refractivity contribution >= 4 is 17.5 Å². The molecule has 150 valence electrons. The number of hydrogen-bond acceptors (Lipinski definition) is 6. The molecule has 0 radical (unpaired) electrons. The Morgan fingerprint density at radius 1 is 1.10 bits per heavy atom. The number of carbonyl (C=O) groups is 1. The van der Waals surface area contributed by atoms with E-state index in [-0.39, 0.29) is 12.5 Å². The molecule has 2 aromatic carbocycles. The summed E-state index contributed by atoms with van der Waals surface area (Å²) in [4.78, 5) is 16.6. The van der Waals surface area contributed by atoms with Gasteiger partial charge in [0.25, 0.3) is 5.91 Å². The van der Waals surface area contributed by atoms with Gasteiger partial charge < -0.3 is 14.1 Å². The van der Waals surface area contributed by atoms with E-state index in [0.717, 1.165) is 30.2 Å². The topological polar surface area (TPSA) is 71.7 Å². The standard InChI is InChI=1S/C21H21ClN4O3/c22-18-3-1-2-16(12-18)13-25-8-10-26(11-9-25)20(27)14-28-19-6-4-17(5-7-19)21-24-23-15-29-21/h1-7,12,15H,8-11,13-14H2. The molecular formula is C21H21ClN4O3. The lowest BCUT2D eigenvalue weighted by molar-refractivity contribution is -0.135. The highest BCUT2D eigenvalue weighted by atomic mass is 35.5. The number of benzene rings is 2. The Bertz CT molecular complexity index is 939. The first-order valence-corrected chi connectivity index (χ1v) is 9.79. The van der Waals surface area contributed by atoms with Crippen LogP contribution in [-0.2, 0) is 11.3 Å². The second-order valence-electron chi connectivity index (χ2n) is 6.84. The van der Waals surface area contributed by atoms with Crippen LogP contribution < -0.4 is 4.74 Å². The van der Waals surface area contributed by atoms with Gasteiger partial charge in [0.1, 0.15) is 5.75 Å². The molecule has 0 saturated carbocycles. The summed E-state index contributed by atoms with van der Waals surface area (Å²) in [6.45, 7) is 3.91. The fourth-order valence-electron chi connectivity index (χ4n) is 3.28. The van der Waals surface area contributed by atoms with Gasteiger partial charge in [0.15, 0.2) is 6.61 Å². The smallest absolute Gasteiger partial charge is 0.260 e. The third-order valence-electron chi connectivity index (χ3n) is 4.84. The molecule has 2 heterocycles. The SMILES string of the molecule is O=C(COc1ccc(-c2nnco2)cc1)N1CCN(Cc2cccc(Cl)c2)CC1. The van der Waals surface area contributed by atoms with E-state index in [1.165, 1.54) is 12.0 Å². The molecule has 1 saturated heterocycles. The van der Waals surface area contributed by atoms with E-state index in [1.807, 2.05) is 35.2 Å². The maximum Gasteiger partial charge on any atom is 0.260 e. The quantitative estimate of drug-likeness (QED) is 0.619. The highest BCUT2D eigenvalue weighted by Gasteiger charge is 2.21. The Morgan fingerprint density at radius 3 is 2.59 bits per heavy atom. The lowest BCUT2D eigenvalue weighted by Gasteiger charge is -2.34. The first-order valence-electron chi connectivity index (χ1n) is 9.41. The molecule has 29 heavy (non-hydrogen) atoms. The van der Waals surface area contributed by atoms with Crippen molar-refractivity contribution in [2.75, 3.05) is 32.8 Å². The summed E-state index contributed by atoms with van der Waals surface area (Å²) in [7, 11) is 0. The predicted molar refractivity (Wildman–Crippen MR) is 109 cm³/mol. The van der Waals surface area contributed by atoms with Crippen LogP contribution >= 0.6 is 11.6 Å². The van der Waals surface area contributed by atoms with Crippen LogP contribution in [0.25, 0.3) is 11.5 Å². The van der Waals surface area contributed by atoms with Gasteiger partial charge >= 0.3 is 0 Å². The van der Waals surface area contributed by atoms with Crippen molar-refractivity contribution in [1.29, 1.82) is 0 Å². The third-order valence-corrected chi connectivity index (χ3v) is 5.08. The van der Waals surface area contributed by atoms with Crippen LogP contribution in [0.5, 0.6) is 5.75 Å². The summed E-state index contributed by atoms with van der Waals surface area (Å²) in [5.41, 5.74) is 1.99. The molecule has 0 unspecified atom stereocenters. The number of halogens is 1. The molecule has 0 bridgehead atoms. The van der Waals surface area contributed by atoms with Gasteiger partial charge in [-0.2, -0.15) is 0 Å². The summed E-state index contributed by atoms with van der Waals surface area (Å²) >= 11 is 6.05. The molecule has 1 fully saturated rings. The van der Waals surface area contributed by atoms with Gasteiger partial charge in [-0.25, -0.2) is 0 Å². The average molecular weight is 413 g/mol. The molecule has 4 rings (SSSR count). The minimum atomic E-state index is -0.00613. The van der Waals surface area contributed by atoms with Gasteiger partial charge in [0.2, 0.25) is 12.3 Å². The van der Waals surface area contributed by atoms with Gasteiger partial charge in [-0.3, -0.25) is 9.69 Å². The monoisotopic (exact) mass is 412 g/mol. The summed E-state index contributed by atoms with van der Waals surface area (Å²) in [6, 6.07) is 15.1. The Hall–Kier alpha value is -2.90. The first kappa shape index (κ1) is 19.4. The highest BCUT2D eigenvalue weighted by molar-refractivity contribution is 6.30. The Morgan fingerprint density at radius 2 is 1.90 bits per heavy atom. The van der Waals surface area contributed by atoms with E-state index >= 15 is 0 Å². The van der Waals surface area contributed by atoms with Crippen LogP contribution in [0, 0.1) is 0 Å². The Kier molecular flexibility index (Phi) is 6.07. The fourth-order valence-corrected chi connectivity index (χ4v) is 3.49. The zero-order valence-corrected chi connectivity index (χ0v) is 16.6. The van der Waals surface area contributed by atoms with Crippen molar-refractivity contribution < 1.29 is 13.9 Å². The molecule has 7 nitrogen and oxygen atoms in total. The van der Waals surface area contributed by atoms with Crippen molar-refractivity contribution in [1.82, 2.24) is 20.0 Å². The van der Waals surface area contributed by atoms with Gasteiger partial charge in [0.05, 0.1) is 0 Å². The highest BCUT2D eigenvalue weighted by Crippen LogP contribution is 2.20. The van der Waals surface area contributed by atoms with Crippen LogP contribution in [0.1, 0.15) is 5.56 Å². The number of nitrogens with zero attached hydrogens (tertiary/aromatic N) is 4. The zero-order chi connectivity index (χ0) is 20.1. The molecule has 0 spiro atoms. The van der Waals surface area contributed by atoms with Crippen LogP contribution in [0.2, 0.25) is 5.02 Å². The largest absolute Gasteiger partial charge is 0.484 e. The number of ether oxygens (including phenoxy) is 1. The van der Waals surface area contributed by atoms with Crippen molar-refractivity contribution in [2.24, 2.45) is 0 Å². The van der Waals surface area contributed by atoms with Gasteiger partial charge in [-0.1, -0.05) is 23.7 Å². The molecule has 8 heteroatoms. The number of amides is 1. The Labute approximate surface area is 173 Å². The van der Waals surface area contributed by atoms with Crippen molar-refractivity contribution in [2.45, 2.75) is 6.54 Å². The second kappa shape index (κ2) is 9.07. The van der Waals surface area contributed by atoms with Crippen molar-refractivity contribution in [3.05, 3.63) is 65.5 Å². The minimum Gasteiger partial charge on any atom is -0.484 e. The lowest BCUT2D eigenvalue weighted by atomic mass is 10.2. The number of aromatic nitrogens is 2. The maximum atomic E-state index is 12.5. The summed E-state index contributed by atoms with van der Waals surface area (Å²) in [5, 5.41) is 8.27. The third kappa shape index (κ3) is 5.13. The molecule has 1 aliphatic rings. The molecule has 0 N–H and O–H groups in total. The molecular weight excluding hydrogens is 392 g/mol. The van der Waals surface area contributed by atoms with E-state index in [0.29, 0.717) is 24.7 Å². The zero-order valence-electron chi connectivity index (χ0n) is 15.8. The lowest BCUT2D eigenvalue weighted by Crippen LogP contribution is -2.49. The second-order valence-corrected chi connectivity index (χ2v) is 7.28. The molecule has 1 aliphatic heterocycles. The Balaban J connectivity index is 1.23. The average Bonchev–Trinajstić information content (AvgIpc) is 3.28. The van der Waals surface area contributed by atoms with E-state index in [9.17, 15) is 4.79 Å². The van der Waals surface area contributed by atoms with Crippen LogP contribution in [0.15, 0.2) is 59.3 Å². The summed E-state index contributed by atoms with van der Waals surface area (Å²) in [6.07, 6.45) is 1.28. The number of carbonyl (C=O) groups excluding carboxylic acids is 1. The normalized spacial score (nSPS) is 14.7. The van der Waals surface area contributed by atoms with E-state index in [1.54, 1.807) is 12.1 Å². The predicted octanol–water partition coefficient (Wildman–Crippen LogP) is 3.11. The van der Waals surface area contributed by atoms with E-state index in [4.69, 9.17) is 20.8 Å². The van der Waals surface area contributed by atoms with Gasteiger partial charge in [0, 0.05) is 43.3 Å². The van der Waals surface area contributed by atoms with Crippen LogP contribution in [0.3, 0.4) is 0 Å². The fraction of sp³-hybridized carbons (Fsp3) is 0.286. The molecule has 0 atom stereocenters. The first-order chi connectivity index (χ1) is 14.2. The maximum absolute atomic E-state index is 12.5. The molecule has 1 aromatic heterocycles. The number of rotatable bonds is 6. The number of piperazine rings is 1. The summed E-state index contributed by atoms with van der Waals surface area (Å²) in [5.74, 6) is 1.07. The molecule has 3 aromatic rings. The van der Waals surface area contributed by atoms with Crippen LogP contribution in [-0.4, -0.2) is 58.7 Å². The van der Waals surface area contributed by atoms with Crippen molar-refractivity contribution in [3.8, 4) is 17.2 Å². The summed E-state index contributed by atoms with van der Waals surface area (Å²) < 4.78 is 10.8. The number of hydrogen-bond donors (Lipinski definition) is 0. The van der Waals surface area contributed by atoms with E-state index < -0.39 is 0 Å². The van der Waals surface area contributed by atoms with Crippen LogP contribution in [0.4, 0.5) is 0 Å². The molecule has 1 amide bonds. The van der Waals surface area contributed by atoms with E-state index in [2.05, 4.69) is 21.2 Å². The molecule has 0 aliphatic carbocycles. The van der Waals surface area contributed by atoms with Gasteiger partial charge in [-0.05, 0) is 42.0 Å². The van der Waals surface area contributed by atoms with Crippen molar-refractivity contribution in [3.63, 3.8) is 0 Å².